The predicted octanol–water partition coefficient (Wildman–Crippen LogP) is 3.76. The van der Waals surface area contributed by atoms with Gasteiger partial charge in [-0.25, -0.2) is 9.37 Å². The average Bonchev–Trinajstić information content (AvgIpc) is 3.28. The van der Waals surface area contributed by atoms with E-state index in [4.69, 9.17) is 9.47 Å². The lowest BCUT2D eigenvalue weighted by atomic mass is 10.2. The number of hydrogen-bond donors (Lipinski definition) is 0. The highest BCUT2D eigenvalue weighted by Crippen LogP contribution is 2.40. The Balaban J connectivity index is 1.69. The van der Waals surface area contributed by atoms with Crippen LogP contribution < -0.4 is 14.4 Å². The van der Waals surface area contributed by atoms with Gasteiger partial charge in [-0.1, -0.05) is 23.5 Å². The lowest BCUT2D eigenvalue weighted by Gasteiger charge is -2.21. The minimum absolute atomic E-state index is 0.0424. The number of thiazole rings is 1. The van der Waals surface area contributed by atoms with Crippen LogP contribution >= 0.6 is 11.3 Å². The van der Waals surface area contributed by atoms with Crippen molar-refractivity contribution in [2.24, 2.45) is 0 Å². The van der Waals surface area contributed by atoms with E-state index in [1.54, 1.807) is 17.0 Å². The minimum atomic E-state index is -0.535. The number of anilines is 1. The van der Waals surface area contributed by atoms with Crippen LogP contribution in [0.5, 0.6) is 11.5 Å². The molecule has 0 aliphatic carbocycles. The van der Waals surface area contributed by atoms with Crippen LogP contribution in [-0.4, -0.2) is 49.8 Å². The standard InChI is InChI=1S/C20H20FN3O3S/c1-23(2)8-5-9-24(19(25)13-6-3-4-7-14(13)21)20-22-15-10-16-17(27-12-26-16)11-18(15)28-20/h3-4,6-7,10-11H,5,8-9,12H2,1-2H3. The molecule has 0 saturated heterocycles. The van der Waals surface area contributed by atoms with E-state index in [1.807, 2.05) is 31.1 Å². The number of amides is 1. The van der Waals surface area contributed by atoms with E-state index < -0.39 is 11.7 Å². The summed E-state index contributed by atoms with van der Waals surface area (Å²) >= 11 is 1.38. The van der Waals surface area contributed by atoms with Crippen LogP contribution in [-0.2, 0) is 0 Å². The second-order valence-corrected chi connectivity index (χ2v) is 7.77. The molecule has 4 rings (SSSR count). The lowest BCUT2D eigenvalue weighted by Crippen LogP contribution is -2.34. The number of halogens is 1. The Hall–Kier alpha value is -2.71. The predicted molar refractivity (Wildman–Crippen MR) is 107 cm³/mol. The van der Waals surface area contributed by atoms with Gasteiger partial charge in [-0.2, -0.15) is 0 Å². The second kappa shape index (κ2) is 7.73. The van der Waals surface area contributed by atoms with Gasteiger partial charge < -0.3 is 14.4 Å². The van der Waals surface area contributed by atoms with Crippen LogP contribution in [0.2, 0.25) is 0 Å². The van der Waals surface area contributed by atoms with Crippen LogP contribution in [0, 0.1) is 5.82 Å². The lowest BCUT2D eigenvalue weighted by molar-refractivity contribution is 0.0982. The number of hydrogen-bond acceptors (Lipinski definition) is 6. The molecule has 6 nitrogen and oxygen atoms in total. The first kappa shape index (κ1) is 18.6. The first-order chi connectivity index (χ1) is 13.5. The van der Waals surface area contributed by atoms with Crippen molar-refractivity contribution in [2.45, 2.75) is 6.42 Å². The van der Waals surface area contributed by atoms with Crippen molar-refractivity contribution < 1.29 is 18.7 Å². The first-order valence-electron chi connectivity index (χ1n) is 8.94. The quantitative estimate of drug-likeness (QED) is 0.630. The van der Waals surface area contributed by atoms with Crippen molar-refractivity contribution in [3.63, 3.8) is 0 Å². The molecular weight excluding hydrogens is 381 g/mol. The summed E-state index contributed by atoms with van der Waals surface area (Å²) in [6.45, 7) is 1.45. The molecule has 0 bridgehead atoms. The van der Waals surface area contributed by atoms with Crippen LogP contribution in [0.3, 0.4) is 0 Å². The van der Waals surface area contributed by atoms with Crippen molar-refractivity contribution >= 4 is 32.6 Å². The Morgan fingerprint density at radius 2 is 1.93 bits per heavy atom. The summed E-state index contributed by atoms with van der Waals surface area (Å²) in [5.74, 6) is 0.383. The second-order valence-electron chi connectivity index (χ2n) is 6.76. The summed E-state index contributed by atoms with van der Waals surface area (Å²) in [5.41, 5.74) is 0.768. The molecule has 1 aliphatic rings. The van der Waals surface area contributed by atoms with Crippen LogP contribution in [0.15, 0.2) is 36.4 Å². The number of nitrogens with zero attached hydrogens (tertiary/aromatic N) is 3. The molecule has 3 aromatic rings. The number of carbonyl (C=O) groups excluding carboxylic acids is 1. The number of rotatable bonds is 6. The number of carbonyl (C=O) groups is 1. The molecule has 2 aromatic carbocycles. The fourth-order valence-corrected chi connectivity index (χ4v) is 4.03. The molecule has 1 aromatic heterocycles. The van der Waals surface area contributed by atoms with Gasteiger partial charge in [0, 0.05) is 18.7 Å². The third-order valence-corrected chi connectivity index (χ3v) is 5.48. The fourth-order valence-electron chi connectivity index (χ4n) is 3.03. The van der Waals surface area contributed by atoms with Gasteiger partial charge in [-0.05, 0) is 39.2 Å². The molecule has 0 spiro atoms. The van der Waals surface area contributed by atoms with Gasteiger partial charge in [-0.15, -0.1) is 0 Å². The molecular formula is C20H20FN3O3S. The maximum Gasteiger partial charge on any atom is 0.263 e. The van der Waals surface area contributed by atoms with Crippen molar-refractivity contribution in [1.82, 2.24) is 9.88 Å². The molecule has 1 aliphatic heterocycles. The number of benzene rings is 2. The molecule has 0 radical (unpaired) electrons. The summed E-state index contributed by atoms with van der Waals surface area (Å²) in [5, 5.41) is 0.533. The molecule has 0 atom stereocenters. The largest absolute Gasteiger partial charge is 0.454 e. The third kappa shape index (κ3) is 3.65. The minimum Gasteiger partial charge on any atom is -0.454 e. The van der Waals surface area contributed by atoms with E-state index >= 15 is 0 Å². The summed E-state index contributed by atoms with van der Waals surface area (Å²) in [7, 11) is 3.95. The van der Waals surface area contributed by atoms with Gasteiger partial charge >= 0.3 is 0 Å². The van der Waals surface area contributed by atoms with E-state index in [-0.39, 0.29) is 12.4 Å². The Kier molecular flexibility index (Phi) is 5.15. The Morgan fingerprint density at radius 1 is 1.18 bits per heavy atom. The van der Waals surface area contributed by atoms with Crippen molar-refractivity contribution in [1.29, 1.82) is 0 Å². The molecule has 146 valence electrons. The molecule has 0 N–H and O–H groups in total. The highest BCUT2D eigenvalue weighted by atomic mass is 32.1. The highest BCUT2D eigenvalue weighted by Gasteiger charge is 2.24. The van der Waals surface area contributed by atoms with Gasteiger partial charge in [0.15, 0.2) is 16.6 Å². The Bertz CT molecular complexity index is 980. The maximum absolute atomic E-state index is 14.2. The molecule has 28 heavy (non-hydrogen) atoms. The molecule has 1 amide bonds. The van der Waals surface area contributed by atoms with E-state index in [0.717, 1.165) is 23.2 Å². The van der Waals surface area contributed by atoms with Crippen LogP contribution in [0.1, 0.15) is 16.8 Å². The van der Waals surface area contributed by atoms with Crippen LogP contribution in [0.4, 0.5) is 9.52 Å². The Labute approximate surface area is 166 Å². The van der Waals surface area contributed by atoms with Gasteiger partial charge in [0.2, 0.25) is 6.79 Å². The molecule has 0 unspecified atom stereocenters. The summed E-state index contributed by atoms with van der Waals surface area (Å²) in [6, 6.07) is 9.70. The maximum atomic E-state index is 14.2. The summed E-state index contributed by atoms with van der Waals surface area (Å²) in [4.78, 5) is 21.3. The fraction of sp³-hybridized carbons (Fsp3) is 0.300. The van der Waals surface area contributed by atoms with Crippen molar-refractivity contribution in [3.05, 3.63) is 47.8 Å². The van der Waals surface area contributed by atoms with Crippen molar-refractivity contribution in [3.8, 4) is 11.5 Å². The summed E-state index contributed by atoms with van der Waals surface area (Å²) in [6.07, 6.45) is 0.742. The molecule has 0 saturated carbocycles. The van der Waals surface area contributed by atoms with Gasteiger partial charge in [0.1, 0.15) is 5.82 Å². The molecule has 2 heterocycles. The number of fused-ring (bicyclic) bond motifs is 2. The normalized spacial score (nSPS) is 12.7. The average molecular weight is 401 g/mol. The van der Waals surface area contributed by atoms with E-state index in [1.165, 1.54) is 23.5 Å². The van der Waals surface area contributed by atoms with E-state index in [2.05, 4.69) is 4.98 Å². The Morgan fingerprint density at radius 3 is 2.68 bits per heavy atom. The highest BCUT2D eigenvalue weighted by molar-refractivity contribution is 7.22. The summed E-state index contributed by atoms with van der Waals surface area (Å²) < 4.78 is 25.9. The van der Waals surface area contributed by atoms with Gasteiger partial charge in [0.25, 0.3) is 5.91 Å². The topological polar surface area (TPSA) is 54.9 Å². The molecule has 8 heteroatoms. The number of ether oxygens (including phenoxy) is 2. The molecule has 0 fully saturated rings. The smallest absolute Gasteiger partial charge is 0.263 e. The number of aromatic nitrogens is 1. The zero-order valence-corrected chi connectivity index (χ0v) is 16.5. The van der Waals surface area contributed by atoms with Gasteiger partial charge in [-0.3, -0.25) is 9.69 Å². The SMILES string of the molecule is CN(C)CCCN(C(=O)c1ccccc1F)c1nc2cc3c(cc2s1)OCO3. The van der Waals surface area contributed by atoms with Crippen LogP contribution in [0.25, 0.3) is 10.2 Å². The third-order valence-electron chi connectivity index (χ3n) is 4.44. The van der Waals surface area contributed by atoms with Crippen molar-refractivity contribution in [2.75, 3.05) is 38.9 Å². The first-order valence-corrected chi connectivity index (χ1v) is 9.76. The van der Waals surface area contributed by atoms with E-state index in [0.29, 0.717) is 23.2 Å². The van der Waals surface area contributed by atoms with Gasteiger partial charge in [0.05, 0.1) is 15.8 Å². The monoisotopic (exact) mass is 401 g/mol. The zero-order valence-electron chi connectivity index (χ0n) is 15.6. The van der Waals surface area contributed by atoms with E-state index in [9.17, 15) is 9.18 Å². The zero-order chi connectivity index (χ0) is 19.7.